The first-order valence-corrected chi connectivity index (χ1v) is 7.23. The molecule has 1 atom stereocenters. The number of hydrogen-bond donors (Lipinski definition) is 1. The fourth-order valence-electron chi connectivity index (χ4n) is 3.22. The van der Waals surface area contributed by atoms with Crippen molar-refractivity contribution in [2.75, 3.05) is 26.7 Å². The molecule has 1 amide bonds. The molecule has 3 nitrogen and oxygen atoms in total. The summed E-state index contributed by atoms with van der Waals surface area (Å²) in [6.45, 7) is 2.94. The van der Waals surface area contributed by atoms with E-state index in [-0.39, 0.29) is 5.92 Å². The molecule has 1 saturated heterocycles. The Hall–Kier alpha value is -0.570. The monoisotopic (exact) mass is 238 g/mol. The summed E-state index contributed by atoms with van der Waals surface area (Å²) in [5.74, 6) is 1.36. The fourth-order valence-corrected chi connectivity index (χ4v) is 3.22. The first-order chi connectivity index (χ1) is 8.27. The summed E-state index contributed by atoms with van der Waals surface area (Å²) in [5.41, 5.74) is 0. The molecule has 0 spiro atoms. The first-order valence-electron chi connectivity index (χ1n) is 7.23. The van der Waals surface area contributed by atoms with Gasteiger partial charge in [0.25, 0.3) is 0 Å². The average Bonchev–Trinajstić information content (AvgIpc) is 2.40. The van der Waals surface area contributed by atoms with Crippen molar-refractivity contribution >= 4 is 5.91 Å². The first kappa shape index (κ1) is 12.9. The van der Waals surface area contributed by atoms with Gasteiger partial charge in [-0.3, -0.25) is 4.79 Å². The molecule has 2 aliphatic rings. The number of nitrogens with zero attached hydrogens (tertiary/aromatic N) is 1. The molecule has 1 saturated carbocycles. The van der Waals surface area contributed by atoms with Crippen LogP contribution in [0.2, 0.25) is 0 Å². The smallest absolute Gasteiger partial charge is 0.226 e. The Balaban J connectivity index is 1.77. The molecule has 17 heavy (non-hydrogen) atoms. The second-order valence-electron chi connectivity index (χ2n) is 5.77. The van der Waals surface area contributed by atoms with Crippen LogP contribution in [0, 0.1) is 11.8 Å². The van der Waals surface area contributed by atoms with Crippen LogP contribution in [0.3, 0.4) is 0 Å². The van der Waals surface area contributed by atoms with E-state index in [0.717, 1.165) is 38.4 Å². The molecule has 2 fully saturated rings. The zero-order valence-electron chi connectivity index (χ0n) is 11.1. The van der Waals surface area contributed by atoms with Crippen molar-refractivity contribution in [2.24, 2.45) is 11.8 Å². The molecule has 0 aromatic heterocycles. The van der Waals surface area contributed by atoms with Gasteiger partial charge in [-0.15, -0.1) is 0 Å². The van der Waals surface area contributed by atoms with Gasteiger partial charge in [0.15, 0.2) is 0 Å². The molecule has 0 radical (unpaired) electrons. The van der Waals surface area contributed by atoms with E-state index in [9.17, 15) is 4.79 Å². The van der Waals surface area contributed by atoms with E-state index in [0.29, 0.717) is 5.91 Å². The van der Waals surface area contributed by atoms with Gasteiger partial charge in [0.1, 0.15) is 0 Å². The Bertz CT molecular complexity index is 243. The Kier molecular flexibility index (Phi) is 4.84. The van der Waals surface area contributed by atoms with Crippen molar-refractivity contribution in [3.8, 4) is 0 Å². The summed E-state index contributed by atoms with van der Waals surface area (Å²) in [7, 11) is 1.99. The van der Waals surface area contributed by atoms with Crippen LogP contribution < -0.4 is 5.32 Å². The maximum absolute atomic E-state index is 12.3. The number of rotatable bonds is 3. The molecule has 2 rings (SSSR count). The fraction of sp³-hybridized carbons (Fsp3) is 0.929. The molecule has 3 heteroatoms. The lowest BCUT2D eigenvalue weighted by Crippen LogP contribution is -2.43. The standard InChI is InChI=1S/C14H26N2O/c1-16(11-12-6-3-2-4-7-12)14(17)13-8-5-9-15-10-13/h12-13,15H,2-11H2,1H3/t13-/m1/s1. The van der Waals surface area contributed by atoms with Crippen LogP contribution in [0.5, 0.6) is 0 Å². The summed E-state index contributed by atoms with van der Waals surface area (Å²) in [6, 6.07) is 0. The lowest BCUT2D eigenvalue weighted by atomic mass is 9.88. The van der Waals surface area contributed by atoms with Crippen LogP contribution >= 0.6 is 0 Å². The van der Waals surface area contributed by atoms with Gasteiger partial charge < -0.3 is 10.2 Å². The third-order valence-corrected chi connectivity index (χ3v) is 4.28. The highest BCUT2D eigenvalue weighted by Gasteiger charge is 2.25. The van der Waals surface area contributed by atoms with Crippen molar-refractivity contribution in [3.63, 3.8) is 0 Å². The molecular weight excluding hydrogens is 212 g/mol. The predicted octanol–water partition coefficient (Wildman–Crippen LogP) is 2.02. The largest absolute Gasteiger partial charge is 0.345 e. The maximum atomic E-state index is 12.3. The average molecular weight is 238 g/mol. The minimum absolute atomic E-state index is 0.234. The number of nitrogens with one attached hydrogen (secondary N) is 1. The Morgan fingerprint density at radius 1 is 1.18 bits per heavy atom. The Morgan fingerprint density at radius 3 is 2.59 bits per heavy atom. The molecular formula is C14H26N2O. The lowest BCUT2D eigenvalue weighted by Gasteiger charge is -2.31. The summed E-state index contributed by atoms with van der Waals surface area (Å²) >= 11 is 0. The number of amides is 1. The summed E-state index contributed by atoms with van der Waals surface area (Å²) in [5, 5.41) is 3.33. The van der Waals surface area contributed by atoms with Gasteiger partial charge in [-0.2, -0.15) is 0 Å². The van der Waals surface area contributed by atoms with Crippen molar-refractivity contribution in [3.05, 3.63) is 0 Å². The predicted molar refractivity (Wildman–Crippen MR) is 69.8 cm³/mol. The van der Waals surface area contributed by atoms with E-state index < -0.39 is 0 Å². The minimum Gasteiger partial charge on any atom is -0.345 e. The molecule has 0 bridgehead atoms. The van der Waals surface area contributed by atoms with Crippen molar-refractivity contribution in [2.45, 2.75) is 44.9 Å². The van der Waals surface area contributed by atoms with E-state index >= 15 is 0 Å². The van der Waals surface area contributed by atoms with Gasteiger partial charge in [0.05, 0.1) is 5.92 Å². The zero-order chi connectivity index (χ0) is 12.1. The topological polar surface area (TPSA) is 32.3 Å². The summed E-state index contributed by atoms with van der Waals surface area (Å²) < 4.78 is 0. The lowest BCUT2D eigenvalue weighted by molar-refractivity contribution is -0.135. The second kappa shape index (κ2) is 6.39. The normalized spacial score (nSPS) is 26.8. The van der Waals surface area contributed by atoms with Crippen LogP contribution in [0.15, 0.2) is 0 Å². The molecule has 1 N–H and O–H groups in total. The summed E-state index contributed by atoms with van der Waals surface area (Å²) in [4.78, 5) is 14.3. The highest BCUT2D eigenvalue weighted by atomic mass is 16.2. The van der Waals surface area contributed by atoms with Crippen LogP contribution in [0.25, 0.3) is 0 Å². The van der Waals surface area contributed by atoms with Crippen molar-refractivity contribution in [1.29, 1.82) is 0 Å². The van der Waals surface area contributed by atoms with Gasteiger partial charge >= 0.3 is 0 Å². The maximum Gasteiger partial charge on any atom is 0.226 e. The minimum atomic E-state index is 0.234. The highest BCUT2D eigenvalue weighted by molar-refractivity contribution is 5.78. The van der Waals surface area contributed by atoms with Crippen molar-refractivity contribution < 1.29 is 4.79 Å². The van der Waals surface area contributed by atoms with Crippen LogP contribution in [-0.2, 0) is 4.79 Å². The molecule has 98 valence electrons. The second-order valence-corrected chi connectivity index (χ2v) is 5.77. The third kappa shape index (κ3) is 3.70. The molecule has 1 aliphatic carbocycles. The third-order valence-electron chi connectivity index (χ3n) is 4.28. The number of carbonyl (C=O) groups excluding carboxylic acids is 1. The number of hydrogen-bond acceptors (Lipinski definition) is 2. The van der Waals surface area contributed by atoms with Gasteiger partial charge in [0.2, 0.25) is 5.91 Å². The molecule has 0 aromatic rings. The van der Waals surface area contributed by atoms with Crippen molar-refractivity contribution in [1.82, 2.24) is 10.2 Å². The Morgan fingerprint density at radius 2 is 1.94 bits per heavy atom. The van der Waals surface area contributed by atoms with E-state index in [1.807, 2.05) is 11.9 Å². The van der Waals surface area contributed by atoms with E-state index in [1.165, 1.54) is 32.1 Å². The Labute approximate surface area is 105 Å². The van der Waals surface area contributed by atoms with Gasteiger partial charge in [-0.05, 0) is 38.1 Å². The zero-order valence-corrected chi connectivity index (χ0v) is 11.1. The van der Waals surface area contributed by atoms with Crippen LogP contribution in [0.4, 0.5) is 0 Å². The van der Waals surface area contributed by atoms with E-state index in [1.54, 1.807) is 0 Å². The summed E-state index contributed by atoms with van der Waals surface area (Å²) in [6.07, 6.45) is 8.96. The number of piperidine rings is 1. The molecule has 0 aromatic carbocycles. The van der Waals surface area contributed by atoms with Crippen LogP contribution in [-0.4, -0.2) is 37.5 Å². The van der Waals surface area contributed by atoms with E-state index in [2.05, 4.69) is 5.32 Å². The van der Waals surface area contributed by atoms with Gasteiger partial charge in [-0.25, -0.2) is 0 Å². The molecule has 1 aliphatic heterocycles. The SMILES string of the molecule is CN(CC1CCCCC1)C(=O)[C@@H]1CCCNC1. The molecule has 0 unspecified atom stereocenters. The van der Waals surface area contributed by atoms with E-state index in [4.69, 9.17) is 0 Å². The van der Waals surface area contributed by atoms with Crippen LogP contribution in [0.1, 0.15) is 44.9 Å². The van der Waals surface area contributed by atoms with Gasteiger partial charge in [0, 0.05) is 20.1 Å². The van der Waals surface area contributed by atoms with Gasteiger partial charge in [-0.1, -0.05) is 19.3 Å². The quantitative estimate of drug-likeness (QED) is 0.816. The highest BCUT2D eigenvalue weighted by Crippen LogP contribution is 2.24. The molecule has 1 heterocycles. The number of carbonyl (C=O) groups is 1.